The highest BCUT2D eigenvalue weighted by Crippen LogP contribution is 2.19. The van der Waals surface area contributed by atoms with Crippen LogP contribution in [0.25, 0.3) is 0 Å². The lowest BCUT2D eigenvalue weighted by Crippen LogP contribution is -2.37. The fourth-order valence-corrected chi connectivity index (χ4v) is 2.44. The molecule has 0 aromatic heterocycles. The van der Waals surface area contributed by atoms with Crippen LogP contribution in [-0.4, -0.2) is 25.2 Å². The van der Waals surface area contributed by atoms with E-state index in [1.165, 1.54) is 0 Å². The average Bonchev–Trinajstić information content (AvgIpc) is 2.64. The summed E-state index contributed by atoms with van der Waals surface area (Å²) in [5.41, 5.74) is 0.982. The van der Waals surface area contributed by atoms with Crippen molar-refractivity contribution in [3.8, 4) is 17.2 Å². The van der Waals surface area contributed by atoms with E-state index in [0.717, 1.165) is 17.1 Å². The first-order valence-corrected chi connectivity index (χ1v) is 8.85. The molecule has 0 aliphatic heterocycles. The molecule has 0 aliphatic rings. The third kappa shape index (κ3) is 5.99. The molecule has 0 saturated heterocycles. The Morgan fingerprint density at radius 3 is 2.31 bits per heavy atom. The van der Waals surface area contributed by atoms with E-state index in [2.05, 4.69) is 5.32 Å². The van der Waals surface area contributed by atoms with Gasteiger partial charge >= 0.3 is 0 Å². The third-order valence-electron chi connectivity index (χ3n) is 3.74. The summed E-state index contributed by atoms with van der Waals surface area (Å²) in [4.78, 5) is 12.4. The van der Waals surface area contributed by atoms with Crippen LogP contribution < -0.4 is 19.5 Å². The maximum atomic E-state index is 12.4. The Hall–Kier alpha value is -2.69. The van der Waals surface area contributed by atoms with E-state index in [4.69, 9.17) is 14.2 Å². The van der Waals surface area contributed by atoms with Crippen molar-refractivity contribution in [1.82, 2.24) is 5.32 Å². The fourth-order valence-electron chi connectivity index (χ4n) is 2.44. The number of amides is 1. The zero-order valence-electron chi connectivity index (χ0n) is 15.8. The highest BCUT2D eigenvalue weighted by atomic mass is 16.5. The molecule has 2 rings (SSSR count). The van der Waals surface area contributed by atoms with Gasteiger partial charge in [0.05, 0.1) is 13.2 Å². The Balaban J connectivity index is 1.92. The molecule has 0 fully saturated rings. The molecule has 2 aromatic carbocycles. The summed E-state index contributed by atoms with van der Waals surface area (Å²) in [5.74, 6) is 2.05. The highest BCUT2D eigenvalue weighted by molar-refractivity contribution is 5.81. The fraction of sp³-hybridized carbons (Fsp3) is 0.381. The molecule has 0 radical (unpaired) electrons. The second kappa shape index (κ2) is 9.70. The van der Waals surface area contributed by atoms with Crippen LogP contribution in [0.15, 0.2) is 48.5 Å². The number of carbonyl (C=O) groups excluding carboxylic acids is 1. The minimum Gasteiger partial charge on any atom is -0.497 e. The maximum Gasteiger partial charge on any atom is 0.261 e. The first-order chi connectivity index (χ1) is 12.5. The van der Waals surface area contributed by atoms with Gasteiger partial charge in [0, 0.05) is 6.54 Å². The molecule has 5 heteroatoms. The Bertz CT molecular complexity index is 697. The average molecular weight is 357 g/mol. The van der Waals surface area contributed by atoms with Gasteiger partial charge in [0.25, 0.3) is 5.91 Å². The Labute approximate surface area is 155 Å². The second-order valence-electron chi connectivity index (χ2n) is 6.22. The van der Waals surface area contributed by atoms with Gasteiger partial charge in [0.15, 0.2) is 6.10 Å². The molecule has 1 amide bonds. The second-order valence-corrected chi connectivity index (χ2v) is 6.22. The standard InChI is InChI=1S/C21H27NO4/c1-5-20(26-18-11-9-17(24-4)10-12-18)21(23)22-14-16-7-6-8-19(13-16)25-15(2)3/h6-13,15,20H,5,14H2,1-4H3,(H,22,23)/t20-/m1/s1. The molecule has 1 N–H and O–H groups in total. The lowest BCUT2D eigenvalue weighted by Gasteiger charge is -2.18. The molecule has 140 valence electrons. The third-order valence-corrected chi connectivity index (χ3v) is 3.74. The van der Waals surface area contributed by atoms with Gasteiger partial charge in [0.1, 0.15) is 17.2 Å². The zero-order chi connectivity index (χ0) is 18.9. The molecule has 0 spiro atoms. The zero-order valence-corrected chi connectivity index (χ0v) is 15.8. The van der Waals surface area contributed by atoms with Gasteiger partial charge in [0.2, 0.25) is 0 Å². The maximum absolute atomic E-state index is 12.4. The van der Waals surface area contributed by atoms with Gasteiger partial charge in [-0.15, -0.1) is 0 Å². The van der Waals surface area contributed by atoms with Gasteiger partial charge < -0.3 is 19.5 Å². The van der Waals surface area contributed by atoms with E-state index in [1.54, 1.807) is 31.4 Å². The van der Waals surface area contributed by atoms with Crippen molar-refractivity contribution >= 4 is 5.91 Å². The van der Waals surface area contributed by atoms with Crippen molar-refractivity contribution in [2.75, 3.05) is 7.11 Å². The van der Waals surface area contributed by atoms with Gasteiger partial charge in [-0.2, -0.15) is 0 Å². The number of rotatable bonds is 9. The summed E-state index contributed by atoms with van der Waals surface area (Å²) in [7, 11) is 1.61. The van der Waals surface area contributed by atoms with Crippen molar-refractivity contribution in [1.29, 1.82) is 0 Å². The normalized spacial score (nSPS) is 11.7. The predicted octanol–water partition coefficient (Wildman–Crippen LogP) is 3.96. The Kier molecular flexibility index (Phi) is 7.33. The summed E-state index contributed by atoms with van der Waals surface area (Å²) in [6, 6.07) is 14.9. The molecule has 0 bridgehead atoms. The van der Waals surface area contributed by atoms with Crippen LogP contribution in [0.4, 0.5) is 0 Å². The van der Waals surface area contributed by atoms with Crippen LogP contribution in [-0.2, 0) is 11.3 Å². The van der Waals surface area contributed by atoms with E-state index in [0.29, 0.717) is 18.7 Å². The molecule has 0 heterocycles. The van der Waals surface area contributed by atoms with E-state index >= 15 is 0 Å². The predicted molar refractivity (Wildman–Crippen MR) is 102 cm³/mol. The lowest BCUT2D eigenvalue weighted by molar-refractivity contribution is -0.128. The van der Waals surface area contributed by atoms with Crippen LogP contribution in [0.1, 0.15) is 32.8 Å². The van der Waals surface area contributed by atoms with Gasteiger partial charge in [-0.3, -0.25) is 4.79 Å². The van der Waals surface area contributed by atoms with E-state index < -0.39 is 6.10 Å². The van der Waals surface area contributed by atoms with Crippen LogP contribution in [0.5, 0.6) is 17.2 Å². The van der Waals surface area contributed by atoms with Crippen molar-refractivity contribution in [3.63, 3.8) is 0 Å². The number of hydrogen-bond acceptors (Lipinski definition) is 4. The van der Waals surface area contributed by atoms with E-state index in [1.807, 2.05) is 45.0 Å². The largest absolute Gasteiger partial charge is 0.497 e. The lowest BCUT2D eigenvalue weighted by atomic mass is 10.2. The summed E-state index contributed by atoms with van der Waals surface area (Å²) in [6.07, 6.45) is 0.148. The number of ether oxygens (including phenoxy) is 3. The minimum atomic E-state index is -0.543. The molecular formula is C21H27NO4. The molecule has 0 saturated carbocycles. The highest BCUT2D eigenvalue weighted by Gasteiger charge is 2.18. The van der Waals surface area contributed by atoms with Gasteiger partial charge in [-0.25, -0.2) is 0 Å². The molecule has 5 nitrogen and oxygen atoms in total. The first kappa shape index (κ1) is 19.6. The van der Waals surface area contributed by atoms with Crippen LogP contribution >= 0.6 is 0 Å². The van der Waals surface area contributed by atoms with Crippen molar-refractivity contribution in [2.45, 2.75) is 45.9 Å². The van der Waals surface area contributed by atoms with Crippen molar-refractivity contribution < 1.29 is 19.0 Å². The number of benzene rings is 2. The van der Waals surface area contributed by atoms with Crippen molar-refractivity contribution in [3.05, 3.63) is 54.1 Å². The monoisotopic (exact) mass is 357 g/mol. The number of carbonyl (C=O) groups is 1. The Morgan fingerprint density at radius 1 is 1.00 bits per heavy atom. The Morgan fingerprint density at radius 2 is 1.69 bits per heavy atom. The smallest absolute Gasteiger partial charge is 0.261 e. The molecule has 0 aliphatic carbocycles. The molecule has 0 unspecified atom stereocenters. The van der Waals surface area contributed by atoms with Crippen LogP contribution in [0.2, 0.25) is 0 Å². The topological polar surface area (TPSA) is 56.8 Å². The van der Waals surface area contributed by atoms with Crippen LogP contribution in [0.3, 0.4) is 0 Å². The number of methoxy groups -OCH3 is 1. The quantitative estimate of drug-likeness (QED) is 0.738. The van der Waals surface area contributed by atoms with E-state index in [9.17, 15) is 4.79 Å². The molecule has 1 atom stereocenters. The number of hydrogen-bond donors (Lipinski definition) is 1. The van der Waals surface area contributed by atoms with Gasteiger partial charge in [-0.1, -0.05) is 19.1 Å². The molecule has 26 heavy (non-hydrogen) atoms. The number of nitrogens with one attached hydrogen (secondary N) is 1. The van der Waals surface area contributed by atoms with E-state index in [-0.39, 0.29) is 12.0 Å². The summed E-state index contributed by atoms with van der Waals surface area (Å²) < 4.78 is 16.6. The first-order valence-electron chi connectivity index (χ1n) is 8.85. The van der Waals surface area contributed by atoms with Crippen molar-refractivity contribution in [2.24, 2.45) is 0 Å². The molecule has 2 aromatic rings. The summed E-state index contributed by atoms with van der Waals surface area (Å²) >= 11 is 0. The summed E-state index contributed by atoms with van der Waals surface area (Å²) in [6.45, 7) is 6.31. The minimum absolute atomic E-state index is 0.113. The van der Waals surface area contributed by atoms with Gasteiger partial charge in [-0.05, 0) is 62.2 Å². The SMILES string of the molecule is CC[C@@H](Oc1ccc(OC)cc1)C(=O)NCc1cccc(OC(C)C)c1. The summed E-state index contributed by atoms with van der Waals surface area (Å²) in [5, 5.41) is 2.93. The molecular weight excluding hydrogens is 330 g/mol. The van der Waals surface area contributed by atoms with Crippen LogP contribution in [0, 0.1) is 0 Å².